The number of ether oxygens (including phenoxy) is 4. The lowest BCUT2D eigenvalue weighted by Gasteiger charge is -2.19. The lowest BCUT2D eigenvalue weighted by Crippen LogP contribution is -2.36. The third-order valence-corrected chi connectivity index (χ3v) is 3.01. The lowest BCUT2D eigenvalue weighted by atomic mass is 10.1. The van der Waals surface area contributed by atoms with Crippen molar-refractivity contribution in [2.24, 2.45) is 0 Å². The zero-order valence-electron chi connectivity index (χ0n) is 10.5. The summed E-state index contributed by atoms with van der Waals surface area (Å²) < 4.78 is 21.4. The summed E-state index contributed by atoms with van der Waals surface area (Å²) in [6, 6.07) is 0. The topological polar surface area (TPSA) is 97.6 Å². The van der Waals surface area contributed by atoms with Crippen LogP contribution in [0.25, 0.3) is 0 Å². The first-order chi connectivity index (χ1) is 8.43. The molecule has 2 saturated heterocycles. The number of hydrogen-bond donors (Lipinski definition) is 3. The van der Waals surface area contributed by atoms with Crippen molar-refractivity contribution in [1.82, 2.24) is 0 Å². The zero-order valence-corrected chi connectivity index (χ0v) is 10.5. The van der Waals surface area contributed by atoms with E-state index >= 15 is 0 Å². The van der Waals surface area contributed by atoms with Crippen molar-refractivity contribution in [3.05, 3.63) is 0 Å². The lowest BCUT2D eigenvalue weighted by molar-refractivity contribution is -0.193. The Labute approximate surface area is 105 Å². The molecule has 0 saturated carbocycles. The van der Waals surface area contributed by atoms with Gasteiger partial charge in [-0.3, -0.25) is 0 Å². The van der Waals surface area contributed by atoms with Crippen molar-refractivity contribution >= 4 is 0 Å². The molecule has 0 amide bonds. The quantitative estimate of drug-likeness (QED) is 0.574. The molecule has 2 aliphatic heterocycles. The molecule has 0 unspecified atom stereocenters. The van der Waals surface area contributed by atoms with Crippen LogP contribution in [-0.4, -0.2) is 71.6 Å². The van der Waals surface area contributed by atoms with Crippen LogP contribution in [0.1, 0.15) is 13.8 Å². The number of aliphatic hydroxyl groups excluding tert-OH is 3. The summed E-state index contributed by atoms with van der Waals surface area (Å²) in [6.45, 7) is 3.84. The van der Waals surface area contributed by atoms with Gasteiger partial charge in [0.1, 0.15) is 24.4 Å². The number of rotatable bonds is 4. The van der Waals surface area contributed by atoms with Gasteiger partial charge in [-0.05, 0) is 13.8 Å². The van der Waals surface area contributed by atoms with E-state index in [2.05, 4.69) is 0 Å². The van der Waals surface area contributed by atoms with Crippen LogP contribution < -0.4 is 0 Å². The number of aliphatic hydroxyl groups is 3. The van der Waals surface area contributed by atoms with Gasteiger partial charge in [-0.25, -0.2) is 0 Å². The second-order valence-corrected chi connectivity index (χ2v) is 4.99. The molecule has 0 aromatic heterocycles. The van der Waals surface area contributed by atoms with Crippen LogP contribution in [0.4, 0.5) is 0 Å². The first-order valence-electron chi connectivity index (χ1n) is 5.99. The van der Waals surface area contributed by atoms with Crippen LogP contribution in [0.3, 0.4) is 0 Å². The fraction of sp³-hybridized carbons (Fsp3) is 1.00. The third kappa shape index (κ3) is 3.00. The number of hydrogen-bond acceptors (Lipinski definition) is 7. The summed E-state index contributed by atoms with van der Waals surface area (Å²) in [5.41, 5.74) is 0. The molecule has 0 aromatic carbocycles. The molecule has 18 heavy (non-hydrogen) atoms. The predicted octanol–water partition coefficient (Wildman–Crippen LogP) is -1.41. The average molecular weight is 264 g/mol. The Bertz CT molecular complexity index is 283. The van der Waals surface area contributed by atoms with E-state index in [1.54, 1.807) is 13.8 Å². The summed E-state index contributed by atoms with van der Waals surface area (Å²) >= 11 is 0. The van der Waals surface area contributed by atoms with Crippen molar-refractivity contribution in [3.63, 3.8) is 0 Å². The third-order valence-electron chi connectivity index (χ3n) is 3.01. The highest BCUT2D eigenvalue weighted by Crippen LogP contribution is 2.25. The van der Waals surface area contributed by atoms with E-state index < -0.39 is 30.4 Å². The van der Waals surface area contributed by atoms with Gasteiger partial charge in [-0.1, -0.05) is 0 Å². The van der Waals surface area contributed by atoms with Crippen molar-refractivity contribution in [1.29, 1.82) is 0 Å². The van der Waals surface area contributed by atoms with Gasteiger partial charge in [0.2, 0.25) is 0 Å². The normalized spacial score (nSPS) is 43.5. The molecule has 5 atom stereocenters. The Morgan fingerprint density at radius 1 is 1.28 bits per heavy atom. The van der Waals surface area contributed by atoms with E-state index in [-0.39, 0.29) is 19.3 Å². The molecule has 0 radical (unpaired) electrons. The molecule has 0 aliphatic carbocycles. The Morgan fingerprint density at radius 3 is 2.50 bits per heavy atom. The van der Waals surface area contributed by atoms with E-state index in [1.807, 2.05) is 0 Å². The Hall–Kier alpha value is -0.280. The van der Waals surface area contributed by atoms with E-state index in [0.717, 1.165) is 0 Å². The molecular weight excluding hydrogens is 244 g/mol. The molecule has 2 fully saturated rings. The maximum atomic E-state index is 9.65. The van der Waals surface area contributed by atoms with Crippen LogP contribution in [0.2, 0.25) is 0 Å². The van der Waals surface area contributed by atoms with Gasteiger partial charge < -0.3 is 34.3 Å². The van der Waals surface area contributed by atoms with Gasteiger partial charge in [0, 0.05) is 0 Å². The predicted molar refractivity (Wildman–Crippen MR) is 58.6 cm³/mol. The second kappa shape index (κ2) is 5.38. The van der Waals surface area contributed by atoms with Crippen LogP contribution in [0.5, 0.6) is 0 Å². The second-order valence-electron chi connectivity index (χ2n) is 4.99. The molecule has 0 bridgehead atoms. The first-order valence-corrected chi connectivity index (χ1v) is 5.99. The van der Waals surface area contributed by atoms with Gasteiger partial charge >= 0.3 is 0 Å². The van der Waals surface area contributed by atoms with Crippen LogP contribution in [0, 0.1) is 0 Å². The van der Waals surface area contributed by atoms with Gasteiger partial charge in [0.05, 0.1) is 19.8 Å². The summed E-state index contributed by atoms with van der Waals surface area (Å²) in [5, 5.41) is 28.1. The minimum absolute atomic E-state index is 0.191. The average Bonchev–Trinajstić information content (AvgIpc) is 2.79. The molecule has 0 aromatic rings. The Balaban J connectivity index is 1.78. The first kappa shape index (κ1) is 14.1. The maximum Gasteiger partial charge on any atom is 0.186 e. The Morgan fingerprint density at radius 2 is 2.00 bits per heavy atom. The highest BCUT2D eigenvalue weighted by molar-refractivity contribution is 4.86. The molecule has 7 heteroatoms. The largest absolute Gasteiger partial charge is 0.394 e. The van der Waals surface area contributed by atoms with E-state index in [4.69, 9.17) is 24.1 Å². The molecule has 2 heterocycles. The van der Waals surface area contributed by atoms with Crippen molar-refractivity contribution in [2.45, 2.75) is 50.3 Å². The molecular formula is C11H20O7. The van der Waals surface area contributed by atoms with Crippen LogP contribution >= 0.6 is 0 Å². The Kier molecular flexibility index (Phi) is 4.22. The van der Waals surface area contributed by atoms with Gasteiger partial charge in [-0.15, -0.1) is 0 Å². The highest BCUT2D eigenvalue weighted by atomic mass is 16.8. The van der Waals surface area contributed by atoms with Crippen molar-refractivity contribution in [3.8, 4) is 0 Å². The van der Waals surface area contributed by atoms with Gasteiger partial charge in [-0.2, -0.15) is 0 Å². The minimum Gasteiger partial charge on any atom is -0.394 e. The van der Waals surface area contributed by atoms with Gasteiger partial charge in [0.25, 0.3) is 0 Å². The highest BCUT2D eigenvalue weighted by Gasteiger charge is 2.44. The summed E-state index contributed by atoms with van der Waals surface area (Å²) in [5.74, 6) is -0.629. The molecule has 106 valence electrons. The molecule has 2 rings (SSSR count). The van der Waals surface area contributed by atoms with Crippen LogP contribution in [0.15, 0.2) is 0 Å². The van der Waals surface area contributed by atoms with Crippen molar-refractivity contribution in [2.75, 3.05) is 19.8 Å². The monoisotopic (exact) mass is 264 g/mol. The molecule has 3 N–H and O–H groups in total. The van der Waals surface area contributed by atoms with E-state index in [1.165, 1.54) is 0 Å². The maximum absolute atomic E-state index is 9.65. The van der Waals surface area contributed by atoms with Gasteiger partial charge in [0.15, 0.2) is 12.1 Å². The smallest absolute Gasteiger partial charge is 0.186 e. The summed E-state index contributed by atoms with van der Waals surface area (Å²) in [7, 11) is 0. The minimum atomic E-state index is -1.17. The SMILES string of the molecule is CC1(C)OC[C@H](CO[C@@H]2O[C@H](CO)[C@@H](O)[C@H]2O)O1. The van der Waals surface area contributed by atoms with E-state index in [9.17, 15) is 10.2 Å². The fourth-order valence-electron chi connectivity index (χ4n) is 2.05. The zero-order chi connectivity index (χ0) is 13.3. The molecule has 7 nitrogen and oxygen atoms in total. The molecule has 2 aliphatic rings. The summed E-state index contributed by atoms with van der Waals surface area (Å²) in [6.07, 6.45) is -4.32. The molecule has 0 spiro atoms. The fourth-order valence-corrected chi connectivity index (χ4v) is 2.05. The summed E-state index contributed by atoms with van der Waals surface area (Å²) in [4.78, 5) is 0. The van der Waals surface area contributed by atoms with Crippen molar-refractivity contribution < 1.29 is 34.3 Å². The standard InChI is InChI=1S/C11H20O7/c1-11(2)16-5-6(18-11)4-15-10-9(14)8(13)7(3-12)17-10/h6-10,12-14H,3-5H2,1-2H3/t6-,7+,8+,9+,10+/m0/s1. The van der Waals surface area contributed by atoms with Crippen LogP contribution in [-0.2, 0) is 18.9 Å². The van der Waals surface area contributed by atoms with E-state index in [0.29, 0.717) is 6.61 Å².